The summed E-state index contributed by atoms with van der Waals surface area (Å²) in [4.78, 5) is 0. The average Bonchev–Trinajstić information content (AvgIpc) is 2.19. The van der Waals surface area contributed by atoms with Crippen molar-refractivity contribution in [2.24, 2.45) is 0 Å². The summed E-state index contributed by atoms with van der Waals surface area (Å²) in [7, 11) is 0. The summed E-state index contributed by atoms with van der Waals surface area (Å²) < 4.78 is 1.19. The van der Waals surface area contributed by atoms with E-state index in [4.69, 9.17) is 0 Å². The number of alkyl halides is 1. The Morgan fingerprint density at radius 1 is 1.00 bits per heavy atom. The van der Waals surface area contributed by atoms with Crippen molar-refractivity contribution in [2.75, 3.05) is 4.43 Å². The fourth-order valence-corrected chi connectivity index (χ4v) is 2.57. The second-order valence-corrected chi connectivity index (χ2v) is 5.66. The Balaban J connectivity index is 3.19. The van der Waals surface area contributed by atoms with Gasteiger partial charge in [-0.15, -0.1) is 0 Å². The standard InChI is InChI=1S/C14H21I/c1-9(2)13-6-11(4)14(7-10(13)3)12(5)8-15/h6-7,9,12H,8H2,1-5H3. The molecule has 84 valence electrons. The molecule has 1 aromatic carbocycles. The van der Waals surface area contributed by atoms with E-state index < -0.39 is 0 Å². The lowest BCUT2D eigenvalue weighted by Gasteiger charge is -2.17. The molecule has 0 nitrogen and oxygen atoms in total. The summed E-state index contributed by atoms with van der Waals surface area (Å²) in [6.07, 6.45) is 0. The Morgan fingerprint density at radius 3 is 1.93 bits per heavy atom. The molecule has 1 rings (SSSR count). The Hall–Kier alpha value is -0.0500. The highest BCUT2D eigenvalue weighted by Gasteiger charge is 2.11. The molecule has 0 N–H and O–H groups in total. The van der Waals surface area contributed by atoms with Crippen LogP contribution in [0, 0.1) is 13.8 Å². The van der Waals surface area contributed by atoms with Crippen molar-refractivity contribution in [2.45, 2.75) is 46.5 Å². The number of benzene rings is 1. The summed E-state index contributed by atoms with van der Waals surface area (Å²) in [5, 5.41) is 0. The van der Waals surface area contributed by atoms with Gasteiger partial charge >= 0.3 is 0 Å². The molecule has 0 aliphatic carbocycles. The molecule has 15 heavy (non-hydrogen) atoms. The summed E-state index contributed by atoms with van der Waals surface area (Å²) in [5.74, 6) is 1.30. The molecule has 1 atom stereocenters. The first kappa shape index (κ1) is 13.0. The van der Waals surface area contributed by atoms with E-state index in [9.17, 15) is 0 Å². The largest absolute Gasteiger partial charge is 0.0857 e. The molecule has 1 unspecified atom stereocenters. The molecule has 0 fully saturated rings. The molecule has 0 saturated heterocycles. The van der Waals surface area contributed by atoms with Crippen LogP contribution in [0.3, 0.4) is 0 Å². The third kappa shape index (κ3) is 2.96. The molecule has 0 aliphatic heterocycles. The highest BCUT2D eigenvalue weighted by Crippen LogP contribution is 2.28. The Bertz CT molecular complexity index is 339. The maximum atomic E-state index is 2.47. The van der Waals surface area contributed by atoms with Gasteiger partial charge in [-0.25, -0.2) is 0 Å². The van der Waals surface area contributed by atoms with Crippen LogP contribution in [0.5, 0.6) is 0 Å². The minimum atomic E-state index is 0.632. The second-order valence-electron chi connectivity index (χ2n) is 4.78. The van der Waals surface area contributed by atoms with Gasteiger partial charge in [0.15, 0.2) is 0 Å². The van der Waals surface area contributed by atoms with Crippen molar-refractivity contribution in [3.8, 4) is 0 Å². The topological polar surface area (TPSA) is 0 Å². The SMILES string of the molecule is Cc1cc(C(C)CI)c(C)cc1C(C)C. The normalized spacial score (nSPS) is 13.3. The van der Waals surface area contributed by atoms with Gasteiger partial charge < -0.3 is 0 Å². The van der Waals surface area contributed by atoms with Crippen LogP contribution in [0.15, 0.2) is 12.1 Å². The van der Waals surface area contributed by atoms with Crippen LogP contribution in [0.1, 0.15) is 54.9 Å². The predicted molar refractivity (Wildman–Crippen MR) is 77.3 cm³/mol. The molecular formula is C14H21I. The number of halogens is 1. The molecule has 0 aromatic heterocycles. The Kier molecular flexibility index (Phi) is 4.63. The van der Waals surface area contributed by atoms with Gasteiger partial charge in [0.05, 0.1) is 0 Å². The van der Waals surface area contributed by atoms with Gasteiger partial charge in [0, 0.05) is 4.43 Å². The molecule has 0 heterocycles. The molecule has 1 heteroatoms. The van der Waals surface area contributed by atoms with E-state index in [1.807, 2.05) is 0 Å². The fourth-order valence-electron chi connectivity index (χ4n) is 2.10. The Labute approximate surface area is 108 Å². The number of aryl methyl sites for hydroxylation is 2. The van der Waals surface area contributed by atoms with Crippen molar-refractivity contribution in [1.29, 1.82) is 0 Å². The van der Waals surface area contributed by atoms with Crippen molar-refractivity contribution in [1.82, 2.24) is 0 Å². The maximum absolute atomic E-state index is 2.47. The first-order valence-electron chi connectivity index (χ1n) is 5.64. The van der Waals surface area contributed by atoms with Gasteiger partial charge in [0.1, 0.15) is 0 Å². The first-order chi connectivity index (χ1) is 6.97. The van der Waals surface area contributed by atoms with E-state index in [2.05, 4.69) is 69.3 Å². The third-order valence-corrected chi connectivity index (χ3v) is 4.36. The lowest BCUT2D eigenvalue weighted by molar-refractivity contribution is 0.836. The predicted octanol–water partition coefficient (Wildman–Crippen LogP) is 4.97. The van der Waals surface area contributed by atoms with Crippen LogP contribution in [0.2, 0.25) is 0 Å². The van der Waals surface area contributed by atoms with E-state index in [-0.39, 0.29) is 0 Å². The zero-order valence-corrected chi connectivity index (χ0v) is 12.6. The lowest BCUT2D eigenvalue weighted by Crippen LogP contribution is -2.02. The average molecular weight is 316 g/mol. The summed E-state index contributed by atoms with van der Waals surface area (Å²) in [6, 6.07) is 4.76. The summed E-state index contributed by atoms with van der Waals surface area (Å²) in [5.41, 5.74) is 5.92. The second kappa shape index (κ2) is 5.33. The smallest absolute Gasteiger partial charge is 0.00617 e. The number of hydrogen-bond acceptors (Lipinski definition) is 0. The van der Waals surface area contributed by atoms with Gasteiger partial charge in [0.2, 0.25) is 0 Å². The summed E-state index contributed by atoms with van der Waals surface area (Å²) >= 11 is 2.47. The minimum Gasteiger partial charge on any atom is -0.0857 e. The highest BCUT2D eigenvalue weighted by atomic mass is 127. The zero-order valence-electron chi connectivity index (χ0n) is 10.4. The van der Waals surface area contributed by atoms with Crippen LogP contribution in [0.4, 0.5) is 0 Å². The van der Waals surface area contributed by atoms with E-state index in [0.29, 0.717) is 11.8 Å². The van der Waals surface area contributed by atoms with Crippen molar-refractivity contribution in [3.05, 3.63) is 34.4 Å². The molecule has 1 aromatic rings. The van der Waals surface area contributed by atoms with Crippen LogP contribution < -0.4 is 0 Å². The Morgan fingerprint density at radius 2 is 1.47 bits per heavy atom. The van der Waals surface area contributed by atoms with Crippen molar-refractivity contribution >= 4 is 22.6 Å². The monoisotopic (exact) mass is 316 g/mol. The van der Waals surface area contributed by atoms with Crippen LogP contribution in [0.25, 0.3) is 0 Å². The van der Waals surface area contributed by atoms with E-state index in [1.165, 1.54) is 26.7 Å². The molecule has 0 saturated carbocycles. The van der Waals surface area contributed by atoms with Crippen molar-refractivity contribution < 1.29 is 0 Å². The van der Waals surface area contributed by atoms with E-state index in [0.717, 1.165) is 0 Å². The van der Waals surface area contributed by atoms with Gasteiger partial charge in [-0.2, -0.15) is 0 Å². The van der Waals surface area contributed by atoms with Gasteiger partial charge in [-0.1, -0.05) is 55.5 Å². The highest BCUT2D eigenvalue weighted by molar-refractivity contribution is 14.1. The van der Waals surface area contributed by atoms with Gasteiger partial charge in [0.25, 0.3) is 0 Å². The summed E-state index contributed by atoms with van der Waals surface area (Å²) in [6.45, 7) is 11.3. The van der Waals surface area contributed by atoms with Crippen molar-refractivity contribution in [3.63, 3.8) is 0 Å². The minimum absolute atomic E-state index is 0.632. The third-order valence-electron chi connectivity index (χ3n) is 3.04. The van der Waals surface area contributed by atoms with Crippen LogP contribution >= 0.6 is 22.6 Å². The maximum Gasteiger partial charge on any atom is 0.00617 e. The van der Waals surface area contributed by atoms with Gasteiger partial charge in [-0.05, 0) is 47.9 Å². The number of hydrogen-bond donors (Lipinski definition) is 0. The quantitative estimate of drug-likeness (QED) is 0.546. The molecule has 0 radical (unpaired) electrons. The molecular weight excluding hydrogens is 295 g/mol. The lowest BCUT2D eigenvalue weighted by atomic mass is 9.89. The molecule has 0 amide bonds. The number of rotatable bonds is 3. The van der Waals surface area contributed by atoms with Gasteiger partial charge in [-0.3, -0.25) is 0 Å². The molecule has 0 aliphatic rings. The van der Waals surface area contributed by atoms with E-state index in [1.54, 1.807) is 0 Å². The fraction of sp³-hybridized carbons (Fsp3) is 0.571. The molecule has 0 spiro atoms. The molecule has 0 bridgehead atoms. The first-order valence-corrected chi connectivity index (χ1v) is 7.17. The van der Waals surface area contributed by atoms with Crippen LogP contribution in [-0.2, 0) is 0 Å². The van der Waals surface area contributed by atoms with E-state index >= 15 is 0 Å². The zero-order chi connectivity index (χ0) is 11.6. The van der Waals surface area contributed by atoms with Crippen LogP contribution in [-0.4, -0.2) is 4.43 Å².